The first-order chi connectivity index (χ1) is 12.8. The van der Waals surface area contributed by atoms with Crippen LogP contribution < -0.4 is 5.32 Å². The number of carbonyl (C=O) groups is 1. The first-order valence-electron chi connectivity index (χ1n) is 9.19. The Bertz CT molecular complexity index is 852. The molecule has 1 aliphatic rings. The van der Waals surface area contributed by atoms with Crippen LogP contribution in [-0.4, -0.2) is 33.6 Å². The molecule has 0 saturated heterocycles. The zero-order chi connectivity index (χ0) is 19.7. The van der Waals surface area contributed by atoms with E-state index in [0.717, 1.165) is 22.1 Å². The Morgan fingerprint density at radius 3 is 2.81 bits per heavy atom. The lowest BCUT2D eigenvalue weighted by Gasteiger charge is -2.25. The van der Waals surface area contributed by atoms with Crippen molar-refractivity contribution in [2.45, 2.75) is 50.7 Å². The predicted molar refractivity (Wildman–Crippen MR) is 112 cm³/mol. The van der Waals surface area contributed by atoms with Crippen LogP contribution in [0.1, 0.15) is 47.9 Å². The number of benzene rings is 1. The van der Waals surface area contributed by atoms with Gasteiger partial charge in [-0.3, -0.25) is 9.48 Å². The minimum absolute atomic E-state index is 0.0721. The van der Waals surface area contributed by atoms with Crippen molar-refractivity contribution in [3.63, 3.8) is 0 Å². The minimum Gasteiger partial charge on any atom is -0.466 e. The number of carbonyl (C=O) groups excluding carboxylic acids is 1. The Hall–Kier alpha value is -1.66. The summed E-state index contributed by atoms with van der Waals surface area (Å²) >= 11 is 7.98. The van der Waals surface area contributed by atoms with E-state index in [0.29, 0.717) is 13.0 Å². The molecule has 0 radical (unpaired) electrons. The quantitative estimate of drug-likeness (QED) is 0.747. The number of aromatic nitrogens is 2. The van der Waals surface area contributed by atoms with Gasteiger partial charge in [0.2, 0.25) is 0 Å². The lowest BCUT2D eigenvalue weighted by atomic mass is 9.99. The normalized spacial score (nSPS) is 21.9. The maximum Gasteiger partial charge on any atom is 0.306 e. The summed E-state index contributed by atoms with van der Waals surface area (Å²) in [5, 5.41) is 9.10. The van der Waals surface area contributed by atoms with Gasteiger partial charge in [0.1, 0.15) is 5.82 Å². The van der Waals surface area contributed by atoms with Crippen LogP contribution in [0.2, 0.25) is 5.02 Å². The number of aryl methyl sites for hydroxylation is 3. The molecular weight excluding hydrogens is 382 g/mol. The van der Waals surface area contributed by atoms with E-state index in [9.17, 15) is 4.79 Å². The summed E-state index contributed by atoms with van der Waals surface area (Å²) in [6.45, 7) is 8.47. The maximum atomic E-state index is 12.2. The molecule has 3 rings (SSSR count). The molecule has 3 unspecified atom stereocenters. The number of fused-ring (bicyclic) bond motifs is 1. The van der Waals surface area contributed by atoms with Crippen molar-refractivity contribution in [3.8, 4) is 0 Å². The molecule has 3 atom stereocenters. The Labute approximate surface area is 169 Å². The molecule has 1 aliphatic heterocycles. The third-order valence-electron chi connectivity index (χ3n) is 4.95. The number of nitrogens with zero attached hydrogens (tertiary/aromatic N) is 2. The highest BCUT2D eigenvalue weighted by Gasteiger charge is 2.35. The molecule has 1 N–H and O–H groups in total. The van der Waals surface area contributed by atoms with E-state index in [-0.39, 0.29) is 22.5 Å². The summed E-state index contributed by atoms with van der Waals surface area (Å²) in [7, 11) is 1.95. The van der Waals surface area contributed by atoms with Gasteiger partial charge in [-0.2, -0.15) is 5.10 Å². The number of hydrogen-bond acceptors (Lipinski definition) is 5. The van der Waals surface area contributed by atoms with Crippen LogP contribution in [0.25, 0.3) is 0 Å². The van der Waals surface area contributed by atoms with Crippen molar-refractivity contribution < 1.29 is 9.53 Å². The molecule has 0 bridgehead atoms. The highest BCUT2D eigenvalue weighted by molar-refractivity contribution is 8.00. The molecular formula is C20H26ClN3O2S. The lowest BCUT2D eigenvalue weighted by Crippen LogP contribution is -2.31. The molecule has 0 amide bonds. The topological polar surface area (TPSA) is 56.1 Å². The SMILES string of the molecule is CCOC(=O)CC1SC(c2ccc(Cl)cc2C)c2c(C)nn(C)c2NC1C. The fourth-order valence-corrected chi connectivity index (χ4v) is 5.54. The molecule has 0 aliphatic carbocycles. The third-order valence-corrected chi connectivity index (χ3v) is 6.87. The summed E-state index contributed by atoms with van der Waals surface area (Å²) < 4.78 is 7.10. The predicted octanol–water partition coefficient (Wildman–Crippen LogP) is 4.65. The second kappa shape index (κ2) is 8.15. The summed E-state index contributed by atoms with van der Waals surface area (Å²) in [4.78, 5) is 12.2. The van der Waals surface area contributed by atoms with Crippen molar-refractivity contribution in [1.29, 1.82) is 0 Å². The van der Waals surface area contributed by atoms with Crippen molar-refractivity contribution in [3.05, 3.63) is 45.6 Å². The molecule has 0 spiro atoms. The number of anilines is 1. The average molecular weight is 408 g/mol. The molecule has 0 fully saturated rings. The van der Waals surface area contributed by atoms with Gasteiger partial charge in [0.05, 0.1) is 24.0 Å². The van der Waals surface area contributed by atoms with E-state index >= 15 is 0 Å². The fourth-order valence-electron chi connectivity index (χ4n) is 3.60. The van der Waals surface area contributed by atoms with Gasteiger partial charge in [-0.1, -0.05) is 17.7 Å². The largest absolute Gasteiger partial charge is 0.466 e. The third kappa shape index (κ3) is 4.11. The first-order valence-corrected chi connectivity index (χ1v) is 10.5. The zero-order valence-electron chi connectivity index (χ0n) is 16.4. The van der Waals surface area contributed by atoms with Crippen molar-refractivity contribution in [1.82, 2.24) is 9.78 Å². The molecule has 5 nitrogen and oxygen atoms in total. The number of thioether (sulfide) groups is 1. The number of hydrogen-bond donors (Lipinski definition) is 1. The lowest BCUT2D eigenvalue weighted by molar-refractivity contribution is -0.143. The van der Waals surface area contributed by atoms with E-state index in [4.69, 9.17) is 16.3 Å². The van der Waals surface area contributed by atoms with E-state index in [1.54, 1.807) is 11.8 Å². The monoisotopic (exact) mass is 407 g/mol. The maximum absolute atomic E-state index is 12.2. The van der Waals surface area contributed by atoms with E-state index in [2.05, 4.69) is 30.3 Å². The summed E-state index contributed by atoms with van der Waals surface area (Å²) in [6.07, 6.45) is 0.371. The molecule has 1 aromatic heterocycles. The minimum atomic E-state index is -0.156. The number of ether oxygens (including phenoxy) is 1. The van der Waals surface area contributed by atoms with Crippen LogP contribution >= 0.6 is 23.4 Å². The van der Waals surface area contributed by atoms with Crippen molar-refractivity contribution in [2.75, 3.05) is 11.9 Å². The van der Waals surface area contributed by atoms with Crippen LogP contribution in [0.4, 0.5) is 5.82 Å². The van der Waals surface area contributed by atoms with Crippen LogP contribution in [-0.2, 0) is 16.6 Å². The molecule has 7 heteroatoms. The van der Waals surface area contributed by atoms with Gasteiger partial charge in [-0.15, -0.1) is 11.8 Å². The Balaban J connectivity index is 2.05. The standard InChI is InChI=1S/C20H26ClN3O2S/c1-6-26-17(25)10-16-12(3)22-20-18(13(4)23-24(20)5)19(27-16)15-8-7-14(21)9-11(15)2/h7-9,12,16,19,22H,6,10H2,1-5H3. The van der Waals surface area contributed by atoms with Crippen LogP contribution in [0.3, 0.4) is 0 Å². The van der Waals surface area contributed by atoms with E-state index in [1.165, 1.54) is 11.1 Å². The molecule has 1 aromatic carbocycles. The van der Waals surface area contributed by atoms with Gasteiger partial charge >= 0.3 is 5.97 Å². The van der Waals surface area contributed by atoms with E-state index in [1.807, 2.05) is 37.7 Å². The van der Waals surface area contributed by atoms with Gasteiger partial charge in [0, 0.05) is 28.9 Å². The second-order valence-corrected chi connectivity index (χ2v) is 8.75. The highest BCUT2D eigenvalue weighted by Crippen LogP contribution is 2.48. The zero-order valence-corrected chi connectivity index (χ0v) is 17.9. The van der Waals surface area contributed by atoms with Crippen LogP contribution in [0, 0.1) is 13.8 Å². The fraction of sp³-hybridized carbons (Fsp3) is 0.500. The van der Waals surface area contributed by atoms with E-state index < -0.39 is 0 Å². The molecule has 146 valence electrons. The highest BCUT2D eigenvalue weighted by atomic mass is 35.5. The molecule has 27 heavy (non-hydrogen) atoms. The van der Waals surface area contributed by atoms with Gasteiger partial charge in [-0.25, -0.2) is 0 Å². The average Bonchev–Trinajstić information content (AvgIpc) is 2.77. The Morgan fingerprint density at radius 1 is 1.41 bits per heavy atom. The van der Waals surface area contributed by atoms with Crippen molar-refractivity contribution >= 4 is 35.1 Å². The van der Waals surface area contributed by atoms with Crippen LogP contribution in [0.15, 0.2) is 18.2 Å². The van der Waals surface area contributed by atoms with Gasteiger partial charge < -0.3 is 10.1 Å². The number of esters is 1. The Kier molecular flexibility index (Phi) is 6.06. The Morgan fingerprint density at radius 2 is 2.15 bits per heavy atom. The summed E-state index contributed by atoms with van der Waals surface area (Å²) in [6, 6.07) is 6.11. The second-order valence-electron chi connectivity index (χ2n) is 6.97. The smallest absolute Gasteiger partial charge is 0.306 e. The van der Waals surface area contributed by atoms with Gasteiger partial charge in [0.25, 0.3) is 0 Å². The summed E-state index contributed by atoms with van der Waals surface area (Å²) in [5.74, 6) is 0.856. The first kappa shape index (κ1) is 20.1. The number of rotatable bonds is 4. The molecule has 0 saturated carbocycles. The van der Waals surface area contributed by atoms with Crippen molar-refractivity contribution in [2.24, 2.45) is 7.05 Å². The number of nitrogens with one attached hydrogen (secondary N) is 1. The molecule has 2 heterocycles. The van der Waals surface area contributed by atoms with Gasteiger partial charge in [-0.05, 0) is 51.0 Å². The summed E-state index contributed by atoms with van der Waals surface area (Å²) in [5.41, 5.74) is 4.51. The molecule has 2 aromatic rings. The van der Waals surface area contributed by atoms with Gasteiger partial charge in [0.15, 0.2) is 0 Å². The number of halogens is 1. The van der Waals surface area contributed by atoms with Crippen LogP contribution in [0.5, 0.6) is 0 Å².